The fourth-order valence-corrected chi connectivity index (χ4v) is 1.77. The Morgan fingerprint density at radius 3 is 1.54 bits per heavy atom. The van der Waals surface area contributed by atoms with Gasteiger partial charge in [-0.25, -0.2) is 0 Å². The fraction of sp³-hybridized carbons (Fsp3) is 0.778. The summed E-state index contributed by atoms with van der Waals surface area (Å²) in [7, 11) is 2.65. The summed E-state index contributed by atoms with van der Waals surface area (Å²) in [5.41, 5.74) is -0.319. The van der Waals surface area contributed by atoms with Gasteiger partial charge in [-0.1, -0.05) is 13.8 Å². The SMILES string of the molecule is COC(=O)[C@H]1[C@H](C(=O)OC)C1(C)C. The molecule has 0 aromatic heterocycles. The molecule has 0 radical (unpaired) electrons. The van der Waals surface area contributed by atoms with E-state index in [1.807, 2.05) is 13.8 Å². The maximum Gasteiger partial charge on any atom is 0.310 e. The topological polar surface area (TPSA) is 52.6 Å². The lowest BCUT2D eigenvalue weighted by molar-refractivity contribution is -0.148. The molecule has 1 aliphatic rings. The second kappa shape index (κ2) is 3.01. The van der Waals surface area contributed by atoms with Gasteiger partial charge in [0.15, 0.2) is 0 Å². The highest BCUT2D eigenvalue weighted by molar-refractivity contribution is 5.89. The second-order valence-corrected chi connectivity index (χ2v) is 3.82. The van der Waals surface area contributed by atoms with Crippen molar-refractivity contribution in [2.75, 3.05) is 14.2 Å². The van der Waals surface area contributed by atoms with Gasteiger partial charge in [-0.3, -0.25) is 9.59 Å². The van der Waals surface area contributed by atoms with Crippen molar-refractivity contribution in [1.29, 1.82) is 0 Å². The number of hydrogen-bond acceptors (Lipinski definition) is 4. The summed E-state index contributed by atoms with van der Waals surface area (Å²) >= 11 is 0. The molecule has 2 atom stereocenters. The van der Waals surface area contributed by atoms with Gasteiger partial charge in [0.05, 0.1) is 26.1 Å². The van der Waals surface area contributed by atoms with Gasteiger partial charge in [0.2, 0.25) is 0 Å². The maximum atomic E-state index is 11.2. The van der Waals surface area contributed by atoms with Crippen LogP contribution >= 0.6 is 0 Å². The van der Waals surface area contributed by atoms with E-state index in [1.165, 1.54) is 14.2 Å². The molecule has 0 bridgehead atoms. The summed E-state index contributed by atoms with van der Waals surface area (Å²) in [4.78, 5) is 22.4. The number of hydrogen-bond donors (Lipinski definition) is 0. The molecule has 0 N–H and O–H groups in total. The second-order valence-electron chi connectivity index (χ2n) is 3.82. The Labute approximate surface area is 77.2 Å². The number of ether oxygens (including phenoxy) is 2. The maximum absolute atomic E-state index is 11.2. The number of rotatable bonds is 2. The highest BCUT2D eigenvalue weighted by Gasteiger charge is 2.67. The number of carbonyl (C=O) groups excluding carboxylic acids is 2. The van der Waals surface area contributed by atoms with E-state index in [0.717, 1.165) is 0 Å². The van der Waals surface area contributed by atoms with Crippen LogP contribution in [-0.2, 0) is 19.1 Å². The Morgan fingerprint density at radius 1 is 1.00 bits per heavy atom. The van der Waals surface area contributed by atoms with Crippen LogP contribution in [0.2, 0.25) is 0 Å². The van der Waals surface area contributed by atoms with Crippen molar-refractivity contribution in [2.45, 2.75) is 13.8 Å². The first-order valence-corrected chi connectivity index (χ1v) is 4.12. The molecule has 0 unspecified atom stereocenters. The molecular formula is C9H14O4. The predicted molar refractivity (Wildman–Crippen MR) is 44.8 cm³/mol. The van der Waals surface area contributed by atoms with E-state index in [-0.39, 0.29) is 29.2 Å². The quantitative estimate of drug-likeness (QED) is 0.593. The van der Waals surface area contributed by atoms with Crippen LogP contribution in [0.15, 0.2) is 0 Å². The molecule has 0 spiro atoms. The van der Waals surface area contributed by atoms with E-state index >= 15 is 0 Å². The van der Waals surface area contributed by atoms with Crippen LogP contribution in [0.5, 0.6) is 0 Å². The lowest BCUT2D eigenvalue weighted by atomic mass is 10.1. The van der Waals surface area contributed by atoms with Crippen LogP contribution < -0.4 is 0 Å². The summed E-state index contributed by atoms with van der Waals surface area (Å²) in [5, 5.41) is 0. The summed E-state index contributed by atoms with van der Waals surface area (Å²) in [6.07, 6.45) is 0. The lowest BCUT2D eigenvalue weighted by Crippen LogP contribution is -2.10. The van der Waals surface area contributed by atoms with Crippen molar-refractivity contribution < 1.29 is 19.1 Å². The Hall–Kier alpha value is -1.06. The third-order valence-electron chi connectivity index (χ3n) is 2.74. The van der Waals surface area contributed by atoms with E-state index in [1.54, 1.807) is 0 Å². The average molecular weight is 186 g/mol. The number of methoxy groups -OCH3 is 2. The van der Waals surface area contributed by atoms with E-state index in [0.29, 0.717) is 0 Å². The molecule has 1 saturated carbocycles. The summed E-state index contributed by atoms with van der Waals surface area (Å²) in [5.74, 6) is -1.35. The van der Waals surface area contributed by atoms with Crippen LogP contribution in [0.1, 0.15) is 13.8 Å². The first kappa shape index (κ1) is 10.0. The molecule has 13 heavy (non-hydrogen) atoms. The van der Waals surface area contributed by atoms with Gasteiger partial charge in [0, 0.05) is 0 Å². The Bertz CT molecular complexity index is 220. The van der Waals surface area contributed by atoms with Crippen molar-refractivity contribution in [3.8, 4) is 0 Å². The standard InChI is InChI=1S/C9H14O4/c1-9(2)5(7(10)12-3)6(9)8(11)13-4/h5-6H,1-4H3/t5-,6-/m1/s1. The van der Waals surface area contributed by atoms with E-state index in [2.05, 4.69) is 9.47 Å². The van der Waals surface area contributed by atoms with Crippen LogP contribution in [0, 0.1) is 17.3 Å². The first-order chi connectivity index (χ1) is 5.96. The molecule has 0 saturated heterocycles. The third kappa shape index (κ3) is 1.41. The minimum Gasteiger partial charge on any atom is -0.469 e. The molecule has 1 fully saturated rings. The lowest BCUT2D eigenvalue weighted by Gasteiger charge is -1.99. The van der Waals surface area contributed by atoms with Crippen LogP contribution in [0.4, 0.5) is 0 Å². The van der Waals surface area contributed by atoms with Crippen molar-refractivity contribution in [3.05, 3.63) is 0 Å². The Balaban J connectivity index is 2.71. The largest absolute Gasteiger partial charge is 0.469 e. The van der Waals surface area contributed by atoms with Gasteiger partial charge in [-0.2, -0.15) is 0 Å². The molecule has 0 aromatic rings. The summed E-state index contributed by atoms with van der Waals surface area (Å²) in [6, 6.07) is 0. The van der Waals surface area contributed by atoms with Gasteiger partial charge in [0.1, 0.15) is 0 Å². The minimum atomic E-state index is -0.343. The molecular weight excluding hydrogens is 172 g/mol. The average Bonchev–Trinajstić information content (AvgIpc) is 2.66. The number of carbonyl (C=O) groups is 2. The monoisotopic (exact) mass is 186 g/mol. The number of esters is 2. The van der Waals surface area contributed by atoms with Gasteiger partial charge in [0.25, 0.3) is 0 Å². The molecule has 0 heterocycles. The van der Waals surface area contributed by atoms with Gasteiger partial charge >= 0.3 is 11.9 Å². The molecule has 0 amide bonds. The van der Waals surface area contributed by atoms with E-state index in [9.17, 15) is 9.59 Å². The minimum absolute atomic E-state index is 0.319. The molecule has 0 aliphatic heterocycles. The molecule has 1 aliphatic carbocycles. The third-order valence-corrected chi connectivity index (χ3v) is 2.74. The smallest absolute Gasteiger partial charge is 0.310 e. The van der Waals surface area contributed by atoms with E-state index < -0.39 is 0 Å². The molecule has 4 nitrogen and oxygen atoms in total. The zero-order valence-electron chi connectivity index (χ0n) is 8.29. The van der Waals surface area contributed by atoms with Crippen molar-refractivity contribution in [1.82, 2.24) is 0 Å². The fourth-order valence-electron chi connectivity index (χ4n) is 1.77. The zero-order chi connectivity index (χ0) is 10.2. The van der Waals surface area contributed by atoms with Crippen LogP contribution in [0.25, 0.3) is 0 Å². The zero-order valence-corrected chi connectivity index (χ0v) is 8.29. The van der Waals surface area contributed by atoms with Gasteiger partial charge in [-0.05, 0) is 5.41 Å². The van der Waals surface area contributed by atoms with Crippen LogP contribution in [0.3, 0.4) is 0 Å². The molecule has 1 rings (SSSR count). The highest BCUT2D eigenvalue weighted by Crippen LogP contribution is 2.59. The van der Waals surface area contributed by atoms with Gasteiger partial charge in [-0.15, -0.1) is 0 Å². The first-order valence-electron chi connectivity index (χ1n) is 4.12. The Kier molecular flexibility index (Phi) is 2.32. The molecule has 4 heteroatoms. The molecule has 74 valence electrons. The van der Waals surface area contributed by atoms with Crippen molar-refractivity contribution in [3.63, 3.8) is 0 Å². The predicted octanol–water partition coefficient (Wildman–Crippen LogP) is 0.605. The van der Waals surface area contributed by atoms with Gasteiger partial charge < -0.3 is 9.47 Å². The summed E-state index contributed by atoms with van der Waals surface area (Å²) < 4.78 is 9.18. The Morgan fingerprint density at radius 2 is 1.31 bits per heavy atom. The van der Waals surface area contributed by atoms with Crippen molar-refractivity contribution in [2.24, 2.45) is 17.3 Å². The highest BCUT2D eigenvalue weighted by atomic mass is 16.5. The van der Waals surface area contributed by atoms with E-state index in [4.69, 9.17) is 0 Å². The van der Waals surface area contributed by atoms with Crippen LogP contribution in [-0.4, -0.2) is 26.2 Å². The normalized spacial score (nSPS) is 29.2. The van der Waals surface area contributed by atoms with Crippen molar-refractivity contribution >= 4 is 11.9 Å². The molecule has 0 aromatic carbocycles. The summed E-state index contributed by atoms with van der Waals surface area (Å²) in [6.45, 7) is 3.71.